The van der Waals surface area contributed by atoms with Crippen LogP contribution in [0.5, 0.6) is 0 Å². The molecule has 0 heterocycles. The zero-order chi connectivity index (χ0) is 10.1. The molecule has 0 aromatic heterocycles. The van der Waals surface area contributed by atoms with Crippen molar-refractivity contribution in [3.8, 4) is 0 Å². The van der Waals surface area contributed by atoms with Crippen molar-refractivity contribution in [1.82, 2.24) is 0 Å². The summed E-state index contributed by atoms with van der Waals surface area (Å²) in [7, 11) is 0. The van der Waals surface area contributed by atoms with E-state index in [0.29, 0.717) is 0 Å². The molecule has 13 heavy (non-hydrogen) atoms. The third kappa shape index (κ3) is 1.91. The van der Waals surface area contributed by atoms with E-state index in [2.05, 4.69) is 6.58 Å². The molecular formula is C10H14O3. The Morgan fingerprint density at radius 3 is 2.69 bits per heavy atom. The first-order valence-electron chi connectivity index (χ1n) is 4.19. The molecule has 3 heteroatoms. The number of ether oxygens (including phenoxy) is 1. The van der Waals surface area contributed by atoms with E-state index in [1.165, 1.54) is 0 Å². The number of carboxylic acid groups (broad SMARTS) is 1. The average Bonchev–Trinajstić information content (AvgIpc) is 2.49. The van der Waals surface area contributed by atoms with Crippen LogP contribution < -0.4 is 0 Å². The van der Waals surface area contributed by atoms with Gasteiger partial charge in [-0.3, -0.25) is 0 Å². The minimum atomic E-state index is -1.20. The van der Waals surface area contributed by atoms with Crippen molar-refractivity contribution < 1.29 is 14.6 Å². The van der Waals surface area contributed by atoms with Gasteiger partial charge in [0.1, 0.15) is 6.10 Å². The van der Waals surface area contributed by atoms with Crippen molar-refractivity contribution in [2.45, 2.75) is 20.0 Å². The second-order valence-electron chi connectivity index (χ2n) is 3.77. The molecule has 0 aliphatic heterocycles. The standard InChI is InChI=1S/C10H14O3/c1-4-5-6-7-8(10(7,2)3)13-9(11)12/h4-8H,1H2,2-3H3,(H,11,12). The van der Waals surface area contributed by atoms with Gasteiger partial charge in [0.2, 0.25) is 0 Å². The zero-order valence-electron chi connectivity index (χ0n) is 7.86. The van der Waals surface area contributed by atoms with Crippen LogP contribution in [0.1, 0.15) is 13.8 Å². The fourth-order valence-corrected chi connectivity index (χ4v) is 1.51. The van der Waals surface area contributed by atoms with E-state index in [9.17, 15) is 4.79 Å². The molecule has 1 aliphatic rings. The summed E-state index contributed by atoms with van der Waals surface area (Å²) >= 11 is 0. The van der Waals surface area contributed by atoms with Crippen LogP contribution >= 0.6 is 0 Å². The molecule has 0 aromatic rings. The highest BCUT2D eigenvalue weighted by Gasteiger charge is 2.59. The molecule has 0 bridgehead atoms. The molecule has 3 nitrogen and oxygen atoms in total. The maximum Gasteiger partial charge on any atom is 0.506 e. The largest absolute Gasteiger partial charge is 0.506 e. The maximum absolute atomic E-state index is 10.3. The predicted octanol–water partition coefficient (Wildman–Crippen LogP) is 2.45. The topological polar surface area (TPSA) is 46.5 Å². The summed E-state index contributed by atoms with van der Waals surface area (Å²) in [6, 6.07) is 0. The molecule has 0 saturated heterocycles. The predicted molar refractivity (Wildman–Crippen MR) is 49.5 cm³/mol. The van der Waals surface area contributed by atoms with Crippen molar-refractivity contribution >= 4 is 6.16 Å². The summed E-state index contributed by atoms with van der Waals surface area (Å²) in [5, 5.41) is 8.43. The lowest BCUT2D eigenvalue weighted by Gasteiger charge is -1.99. The minimum Gasteiger partial charge on any atom is -0.450 e. The first-order chi connectivity index (χ1) is 6.00. The lowest BCUT2D eigenvalue weighted by atomic mass is 10.1. The average molecular weight is 182 g/mol. The van der Waals surface area contributed by atoms with Crippen molar-refractivity contribution in [1.29, 1.82) is 0 Å². The van der Waals surface area contributed by atoms with Crippen LogP contribution in [-0.4, -0.2) is 17.4 Å². The van der Waals surface area contributed by atoms with Gasteiger partial charge in [-0.15, -0.1) is 0 Å². The van der Waals surface area contributed by atoms with Gasteiger partial charge in [-0.1, -0.05) is 38.7 Å². The highest BCUT2D eigenvalue weighted by atomic mass is 16.7. The van der Waals surface area contributed by atoms with Gasteiger partial charge in [0, 0.05) is 11.3 Å². The molecule has 0 spiro atoms. The van der Waals surface area contributed by atoms with E-state index in [4.69, 9.17) is 9.84 Å². The smallest absolute Gasteiger partial charge is 0.450 e. The van der Waals surface area contributed by atoms with Crippen LogP contribution in [0.2, 0.25) is 0 Å². The summed E-state index contributed by atoms with van der Waals surface area (Å²) in [6.45, 7) is 7.52. The highest BCUT2D eigenvalue weighted by Crippen LogP contribution is 2.54. The number of hydrogen-bond acceptors (Lipinski definition) is 2. The summed E-state index contributed by atoms with van der Waals surface area (Å²) in [4.78, 5) is 10.3. The van der Waals surface area contributed by atoms with Crippen molar-refractivity contribution in [2.75, 3.05) is 0 Å². The Balaban J connectivity index is 2.55. The highest BCUT2D eigenvalue weighted by molar-refractivity contribution is 5.58. The van der Waals surface area contributed by atoms with Gasteiger partial charge in [0.15, 0.2) is 0 Å². The number of rotatable bonds is 3. The van der Waals surface area contributed by atoms with Gasteiger partial charge >= 0.3 is 6.16 Å². The molecule has 2 unspecified atom stereocenters. The quantitative estimate of drug-likeness (QED) is 0.538. The van der Waals surface area contributed by atoms with E-state index in [1.54, 1.807) is 6.08 Å². The molecule has 1 saturated carbocycles. The summed E-state index contributed by atoms with van der Waals surface area (Å²) in [5.41, 5.74) is -0.0715. The number of hydrogen-bond donors (Lipinski definition) is 1. The third-order valence-corrected chi connectivity index (χ3v) is 2.49. The fraction of sp³-hybridized carbons (Fsp3) is 0.500. The van der Waals surface area contributed by atoms with E-state index < -0.39 is 6.16 Å². The zero-order valence-corrected chi connectivity index (χ0v) is 7.86. The summed E-state index contributed by atoms with van der Waals surface area (Å²) < 4.78 is 4.72. The van der Waals surface area contributed by atoms with Gasteiger partial charge in [-0.05, 0) is 0 Å². The van der Waals surface area contributed by atoms with Crippen LogP contribution in [0, 0.1) is 11.3 Å². The molecule has 1 aliphatic carbocycles. The Kier molecular flexibility index (Phi) is 2.45. The van der Waals surface area contributed by atoms with Crippen molar-refractivity contribution in [2.24, 2.45) is 11.3 Å². The molecule has 72 valence electrons. The van der Waals surface area contributed by atoms with Gasteiger partial charge in [0.05, 0.1) is 0 Å². The Bertz CT molecular complexity index is 253. The van der Waals surface area contributed by atoms with Crippen LogP contribution in [-0.2, 0) is 4.74 Å². The van der Waals surface area contributed by atoms with Crippen LogP contribution in [0.3, 0.4) is 0 Å². The Labute approximate surface area is 77.7 Å². The van der Waals surface area contributed by atoms with Crippen molar-refractivity contribution in [3.63, 3.8) is 0 Å². The van der Waals surface area contributed by atoms with Gasteiger partial charge < -0.3 is 9.84 Å². The van der Waals surface area contributed by atoms with Gasteiger partial charge in [0.25, 0.3) is 0 Å². The van der Waals surface area contributed by atoms with E-state index >= 15 is 0 Å². The van der Waals surface area contributed by atoms with E-state index in [-0.39, 0.29) is 17.4 Å². The minimum absolute atomic E-state index is 0.0715. The number of carbonyl (C=O) groups is 1. The number of allylic oxidation sites excluding steroid dienone is 2. The first-order valence-corrected chi connectivity index (χ1v) is 4.19. The maximum atomic E-state index is 10.3. The van der Waals surface area contributed by atoms with Gasteiger partial charge in [-0.25, -0.2) is 4.79 Å². The molecule has 0 aromatic carbocycles. The first kappa shape index (κ1) is 9.84. The van der Waals surface area contributed by atoms with Crippen LogP contribution in [0.15, 0.2) is 24.8 Å². The normalized spacial score (nSPS) is 30.0. The molecule has 1 N–H and O–H groups in total. The lowest BCUT2D eigenvalue weighted by Crippen LogP contribution is -2.07. The summed E-state index contributed by atoms with van der Waals surface area (Å²) in [6.07, 6.45) is 4.01. The lowest BCUT2D eigenvalue weighted by molar-refractivity contribution is 0.0732. The molecule has 1 rings (SSSR count). The van der Waals surface area contributed by atoms with Crippen LogP contribution in [0.4, 0.5) is 4.79 Å². The van der Waals surface area contributed by atoms with Crippen molar-refractivity contribution in [3.05, 3.63) is 24.8 Å². The van der Waals surface area contributed by atoms with E-state index in [0.717, 1.165) is 0 Å². The SMILES string of the molecule is C=CC=CC1C(OC(=O)O)C1(C)C. The third-order valence-electron chi connectivity index (χ3n) is 2.49. The second kappa shape index (κ2) is 3.24. The fourth-order valence-electron chi connectivity index (χ4n) is 1.51. The molecule has 0 amide bonds. The molecular weight excluding hydrogens is 168 g/mol. The summed E-state index contributed by atoms with van der Waals surface area (Å²) in [5.74, 6) is 0.182. The second-order valence-corrected chi connectivity index (χ2v) is 3.77. The Hall–Kier alpha value is -1.25. The van der Waals surface area contributed by atoms with Gasteiger partial charge in [-0.2, -0.15) is 0 Å². The van der Waals surface area contributed by atoms with Crippen LogP contribution in [0.25, 0.3) is 0 Å². The monoisotopic (exact) mass is 182 g/mol. The Morgan fingerprint density at radius 1 is 1.62 bits per heavy atom. The Morgan fingerprint density at radius 2 is 2.23 bits per heavy atom. The van der Waals surface area contributed by atoms with E-state index in [1.807, 2.05) is 26.0 Å². The molecule has 1 fully saturated rings. The molecule has 0 radical (unpaired) electrons. The molecule has 2 atom stereocenters.